The molecule has 4 heterocycles. The number of nitrogens with one attached hydrogen (secondary N) is 2. The number of piperidine rings is 1. The van der Waals surface area contributed by atoms with E-state index in [0.29, 0.717) is 30.8 Å². The van der Waals surface area contributed by atoms with Gasteiger partial charge in [-0.25, -0.2) is 0 Å². The molecule has 0 spiro atoms. The molecule has 1 fully saturated rings. The molecule has 9 heteroatoms. The van der Waals surface area contributed by atoms with Crippen molar-refractivity contribution in [3.05, 3.63) is 65.4 Å². The van der Waals surface area contributed by atoms with E-state index in [1.807, 2.05) is 28.9 Å². The van der Waals surface area contributed by atoms with Crippen LogP contribution < -0.4 is 21.3 Å². The third kappa shape index (κ3) is 4.51. The van der Waals surface area contributed by atoms with Gasteiger partial charge in [-0.2, -0.15) is 19.6 Å². The molecule has 0 bridgehead atoms. The highest BCUT2D eigenvalue weighted by Gasteiger charge is 2.23. The Kier molecular flexibility index (Phi) is 6.00. The fourth-order valence-electron chi connectivity index (χ4n) is 5.17. The number of fused-ring (bicyclic) bond motifs is 2. The van der Waals surface area contributed by atoms with E-state index < -0.39 is 0 Å². The molecule has 0 atom stereocenters. The topological polar surface area (TPSA) is 113 Å². The Hall–Kier alpha value is -3.98. The van der Waals surface area contributed by atoms with Gasteiger partial charge in [0.25, 0.3) is 0 Å². The maximum Gasteiger partial charge on any atom is 0.230 e. The predicted octanol–water partition coefficient (Wildman–Crippen LogP) is 3.95. The number of nitrogens with zero attached hydrogens (tertiary/aromatic N) is 5. The number of anilines is 3. The van der Waals surface area contributed by atoms with Crippen molar-refractivity contribution < 1.29 is 4.79 Å². The van der Waals surface area contributed by atoms with Crippen LogP contribution in [0.2, 0.25) is 0 Å². The second kappa shape index (κ2) is 9.48. The predicted molar refractivity (Wildman–Crippen MR) is 146 cm³/mol. The second-order valence-electron chi connectivity index (χ2n) is 10.3. The van der Waals surface area contributed by atoms with E-state index in [2.05, 4.69) is 58.7 Å². The van der Waals surface area contributed by atoms with E-state index in [-0.39, 0.29) is 11.9 Å². The van der Waals surface area contributed by atoms with Gasteiger partial charge in [0.05, 0.1) is 12.6 Å². The van der Waals surface area contributed by atoms with Crippen LogP contribution in [-0.4, -0.2) is 44.6 Å². The average molecular weight is 497 g/mol. The molecule has 0 aliphatic carbocycles. The van der Waals surface area contributed by atoms with Gasteiger partial charge in [0.2, 0.25) is 17.8 Å². The van der Waals surface area contributed by atoms with Crippen LogP contribution in [0, 0.1) is 0 Å². The number of hydrogen-bond donors (Lipinski definition) is 3. The van der Waals surface area contributed by atoms with Crippen molar-refractivity contribution in [1.29, 1.82) is 0 Å². The lowest BCUT2D eigenvalue weighted by atomic mass is 9.97. The third-order valence-corrected chi connectivity index (χ3v) is 7.32. The van der Waals surface area contributed by atoms with Crippen molar-refractivity contribution in [2.75, 3.05) is 28.6 Å². The monoisotopic (exact) mass is 496 g/mol. The second-order valence-corrected chi connectivity index (χ2v) is 10.3. The Morgan fingerprint density at radius 3 is 2.76 bits per heavy atom. The van der Waals surface area contributed by atoms with Crippen LogP contribution in [0.5, 0.6) is 0 Å². The first-order valence-electron chi connectivity index (χ1n) is 13.0. The summed E-state index contributed by atoms with van der Waals surface area (Å²) < 4.78 is 1.81. The van der Waals surface area contributed by atoms with E-state index in [4.69, 9.17) is 15.7 Å². The summed E-state index contributed by atoms with van der Waals surface area (Å²) in [5, 5.41) is 11.1. The number of nitrogens with two attached hydrogens (primary N) is 1. The van der Waals surface area contributed by atoms with Gasteiger partial charge in [0, 0.05) is 36.9 Å². The molecule has 190 valence electrons. The van der Waals surface area contributed by atoms with E-state index in [9.17, 15) is 4.79 Å². The Morgan fingerprint density at radius 1 is 1.14 bits per heavy atom. The summed E-state index contributed by atoms with van der Waals surface area (Å²) in [6.07, 6.45) is 4.18. The van der Waals surface area contributed by atoms with Gasteiger partial charge in [-0.1, -0.05) is 44.2 Å². The zero-order chi connectivity index (χ0) is 25.5. The summed E-state index contributed by atoms with van der Waals surface area (Å²) in [4.78, 5) is 23.9. The van der Waals surface area contributed by atoms with Crippen molar-refractivity contribution in [2.24, 2.45) is 5.73 Å². The molecule has 0 saturated carbocycles. The number of carbonyl (C=O) groups is 1. The van der Waals surface area contributed by atoms with Gasteiger partial charge >= 0.3 is 0 Å². The first-order chi connectivity index (χ1) is 18.0. The van der Waals surface area contributed by atoms with Crippen LogP contribution in [0.4, 0.5) is 17.6 Å². The molecule has 1 saturated heterocycles. The highest BCUT2D eigenvalue weighted by molar-refractivity contribution is 5.99. The van der Waals surface area contributed by atoms with Crippen molar-refractivity contribution in [1.82, 2.24) is 19.6 Å². The van der Waals surface area contributed by atoms with Gasteiger partial charge in [-0.3, -0.25) is 4.79 Å². The molecule has 0 radical (unpaired) electrons. The smallest absolute Gasteiger partial charge is 0.230 e. The van der Waals surface area contributed by atoms with Crippen molar-refractivity contribution in [2.45, 2.75) is 51.6 Å². The molecule has 2 aliphatic rings. The highest BCUT2D eigenvalue weighted by atomic mass is 16.1. The average Bonchev–Trinajstić information content (AvgIpc) is 3.50. The Bertz CT molecular complexity index is 1470. The zero-order valence-electron chi connectivity index (χ0n) is 21.2. The Labute approximate surface area is 216 Å². The van der Waals surface area contributed by atoms with Crippen molar-refractivity contribution >= 4 is 29.1 Å². The molecule has 2 aromatic heterocycles. The molecular weight excluding hydrogens is 464 g/mol. The molecule has 6 rings (SSSR count). The summed E-state index contributed by atoms with van der Waals surface area (Å²) >= 11 is 0. The minimum Gasteiger partial charge on any atom is -0.350 e. The maximum absolute atomic E-state index is 11.8. The first-order valence-corrected chi connectivity index (χ1v) is 13.0. The summed E-state index contributed by atoms with van der Waals surface area (Å²) in [6.45, 7) is 6.57. The van der Waals surface area contributed by atoms with E-state index >= 15 is 0 Å². The van der Waals surface area contributed by atoms with Crippen LogP contribution in [0.25, 0.3) is 16.8 Å². The lowest BCUT2D eigenvalue weighted by Gasteiger charge is -2.30. The third-order valence-electron chi connectivity index (χ3n) is 7.32. The molecule has 2 aromatic carbocycles. The van der Waals surface area contributed by atoms with E-state index in [0.717, 1.165) is 65.1 Å². The Morgan fingerprint density at radius 2 is 1.95 bits per heavy atom. The van der Waals surface area contributed by atoms with Gasteiger partial charge in [0.15, 0.2) is 5.65 Å². The standard InChI is InChI=1S/C28H32N8O/c1-17(2)23-16-31-36-26(23)33-28(35-11-9-21(29)10-12-35)34-27(36)30-15-19-5-3-4-6-22(19)18-7-8-24-20(13-18)14-25(37)32-24/h3-8,13,16-17,21H,9-12,14-15,29H2,1-2H3,(H,32,37)(H,30,33,34). The fourth-order valence-corrected chi connectivity index (χ4v) is 5.17. The van der Waals surface area contributed by atoms with Crippen molar-refractivity contribution in [3.8, 4) is 11.1 Å². The molecule has 9 nitrogen and oxygen atoms in total. The highest BCUT2D eigenvalue weighted by Crippen LogP contribution is 2.31. The SMILES string of the molecule is CC(C)c1cnn2c(NCc3ccccc3-c3ccc4c(c3)CC(=O)N4)nc(N3CCC(N)CC3)nc12. The van der Waals surface area contributed by atoms with Gasteiger partial charge < -0.3 is 21.3 Å². The first kappa shape index (κ1) is 23.4. The summed E-state index contributed by atoms with van der Waals surface area (Å²) in [5.74, 6) is 1.72. The number of aromatic nitrogens is 4. The quantitative estimate of drug-likeness (QED) is 0.370. The Balaban J connectivity index is 1.33. The van der Waals surface area contributed by atoms with E-state index in [1.54, 1.807) is 0 Å². The fraction of sp³-hybridized carbons (Fsp3) is 0.357. The molecule has 1 amide bonds. The van der Waals surface area contributed by atoms with Crippen molar-refractivity contribution in [3.63, 3.8) is 0 Å². The number of amides is 1. The van der Waals surface area contributed by atoms with Gasteiger partial charge in [0.1, 0.15) is 0 Å². The maximum atomic E-state index is 11.8. The lowest BCUT2D eigenvalue weighted by Crippen LogP contribution is -2.40. The molecule has 37 heavy (non-hydrogen) atoms. The number of hydrogen-bond acceptors (Lipinski definition) is 7. The minimum absolute atomic E-state index is 0.0429. The molecule has 0 unspecified atom stereocenters. The molecule has 4 aromatic rings. The molecular formula is C28H32N8O. The summed E-state index contributed by atoms with van der Waals surface area (Å²) in [6, 6.07) is 14.7. The largest absolute Gasteiger partial charge is 0.350 e. The van der Waals surface area contributed by atoms with Gasteiger partial charge in [-0.15, -0.1) is 0 Å². The minimum atomic E-state index is 0.0429. The van der Waals surface area contributed by atoms with Crippen LogP contribution in [0.3, 0.4) is 0 Å². The molecule has 2 aliphatic heterocycles. The van der Waals surface area contributed by atoms with Crippen LogP contribution in [0.1, 0.15) is 49.3 Å². The summed E-state index contributed by atoms with van der Waals surface area (Å²) in [5.41, 5.74) is 13.4. The normalized spacial score (nSPS) is 15.9. The van der Waals surface area contributed by atoms with Crippen LogP contribution >= 0.6 is 0 Å². The number of benzene rings is 2. The van der Waals surface area contributed by atoms with Crippen LogP contribution in [0.15, 0.2) is 48.7 Å². The zero-order valence-corrected chi connectivity index (χ0v) is 21.2. The lowest BCUT2D eigenvalue weighted by molar-refractivity contribution is -0.115. The number of rotatable bonds is 6. The van der Waals surface area contributed by atoms with E-state index in [1.165, 1.54) is 0 Å². The number of carbonyl (C=O) groups excluding carboxylic acids is 1. The van der Waals surface area contributed by atoms with Crippen LogP contribution in [-0.2, 0) is 17.8 Å². The summed E-state index contributed by atoms with van der Waals surface area (Å²) in [7, 11) is 0. The molecule has 4 N–H and O–H groups in total. The van der Waals surface area contributed by atoms with Gasteiger partial charge in [-0.05, 0) is 53.1 Å².